The van der Waals surface area contributed by atoms with Crippen LogP contribution in [0.5, 0.6) is 23.0 Å². The van der Waals surface area contributed by atoms with Gasteiger partial charge in [0.1, 0.15) is 23.1 Å². The third-order valence-electron chi connectivity index (χ3n) is 8.97. The lowest BCUT2D eigenvalue weighted by atomic mass is 9.79. The number of methoxy groups -OCH3 is 2. The summed E-state index contributed by atoms with van der Waals surface area (Å²) in [6.07, 6.45) is 7.56. The standard InChI is InChI=1S/C33H43N3O6.ClH/c1-4-5-18-36-31(38)29(30(37)24-8-6-7-9-24)34-32(39)33(36)16-19-35(20-17-33)22-23-10-12-25(13-11-23)42-27-15-14-26(40-2)21-28(27)41-3;/h6-7,10-15,21,24,29-30,37H,4-5,8-9,16-20,22H2,1-3H3,(H,34,39);1H/t29-,30-;/m1./s1. The summed E-state index contributed by atoms with van der Waals surface area (Å²) in [6.45, 7) is 4.76. The summed E-state index contributed by atoms with van der Waals surface area (Å²) in [4.78, 5) is 31.6. The van der Waals surface area contributed by atoms with E-state index in [1.54, 1.807) is 20.3 Å². The first-order valence-electron chi connectivity index (χ1n) is 15.0. The molecule has 2 N–H and O–H groups in total. The summed E-state index contributed by atoms with van der Waals surface area (Å²) in [6, 6.07) is 12.5. The number of unbranched alkanes of at least 4 members (excludes halogenated alkanes) is 1. The Kier molecular flexibility index (Phi) is 11.0. The zero-order valence-corrected chi connectivity index (χ0v) is 26.1. The second kappa shape index (κ2) is 14.5. The maximum absolute atomic E-state index is 13.7. The fraction of sp³-hybridized carbons (Fsp3) is 0.515. The van der Waals surface area contributed by atoms with E-state index in [4.69, 9.17) is 14.2 Å². The van der Waals surface area contributed by atoms with E-state index in [1.807, 2.05) is 53.5 Å². The van der Waals surface area contributed by atoms with Crippen molar-refractivity contribution in [1.29, 1.82) is 0 Å². The summed E-state index contributed by atoms with van der Waals surface area (Å²) in [5, 5.41) is 14.0. The summed E-state index contributed by atoms with van der Waals surface area (Å²) in [7, 11) is 3.21. The van der Waals surface area contributed by atoms with E-state index in [0.717, 1.165) is 37.8 Å². The van der Waals surface area contributed by atoms with Gasteiger partial charge in [0.25, 0.3) is 0 Å². The molecular formula is C33H44ClN3O6. The lowest BCUT2D eigenvalue weighted by Crippen LogP contribution is -2.75. The van der Waals surface area contributed by atoms with E-state index >= 15 is 0 Å². The van der Waals surface area contributed by atoms with Gasteiger partial charge in [-0.3, -0.25) is 14.5 Å². The number of hydrogen-bond donors (Lipinski definition) is 2. The molecule has 1 aliphatic carbocycles. The van der Waals surface area contributed by atoms with Crippen LogP contribution in [0.2, 0.25) is 0 Å². The molecule has 2 aromatic rings. The minimum Gasteiger partial charge on any atom is -0.497 e. The summed E-state index contributed by atoms with van der Waals surface area (Å²) in [5.74, 6) is 2.31. The second-order valence-corrected chi connectivity index (χ2v) is 11.6. The molecule has 9 nitrogen and oxygen atoms in total. The van der Waals surface area contributed by atoms with Crippen molar-refractivity contribution in [1.82, 2.24) is 15.1 Å². The summed E-state index contributed by atoms with van der Waals surface area (Å²) < 4.78 is 16.7. The second-order valence-electron chi connectivity index (χ2n) is 11.6. The zero-order chi connectivity index (χ0) is 29.7. The summed E-state index contributed by atoms with van der Waals surface area (Å²) >= 11 is 0. The predicted molar refractivity (Wildman–Crippen MR) is 167 cm³/mol. The van der Waals surface area contributed by atoms with E-state index in [0.29, 0.717) is 55.5 Å². The maximum atomic E-state index is 13.7. The van der Waals surface area contributed by atoms with Crippen molar-refractivity contribution in [3.8, 4) is 23.0 Å². The van der Waals surface area contributed by atoms with E-state index in [2.05, 4.69) is 17.1 Å². The molecule has 3 aliphatic rings. The highest BCUT2D eigenvalue weighted by molar-refractivity contribution is 6.00. The molecule has 0 saturated carbocycles. The third-order valence-corrected chi connectivity index (χ3v) is 8.97. The van der Waals surface area contributed by atoms with Crippen LogP contribution < -0.4 is 19.5 Å². The number of nitrogens with zero attached hydrogens (tertiary/aromatic N) is 2. The van der Waals surface area contributed by atoms with Crippen LogP contribution in [-0.2, 0) is 16.1 Å². The Morgan fingerprint density at radius 2 is 1.65 bits per heavy atom. The van der Waals surface area contributed by atoms with Crippen LogP contribution in [0.3, 0.4) is 0 Å². The number of carbonyl (C=O) groups excluding carboxylic acids is 2. The van der Waals surface area contributed by atoms with Crippen molar-refractivity contribution in [3.63, 3.8) is 0 Å². The number of ether oxygens (including phenoxy) is 3. The predicted octanol–water partition coefficient (Wildman–Crippen LogP) is 4.71. The molecule has 234 valence electrons. The van der Waals surface area contributed by atoms with Crippen molar-refractivity contribution in [2.75, 3.05) is 33.9 Å². The van der Waals surface area contributed by atoms with Crippen molar-refractivity contribution in [3.05, 3.63) is 60.2 Å². The smallest absolute Gasteiger partial charge is 0.248 e. The lowest BCUT2D eigenvalue weighted by molar-refractivity contribution is -0.165. The van der Waals surface area contributed by atoms with Gasteiger partial charge in [0.05, 0.1) is 20.3 Å². The number of amides is 2. The number of piperidine rings is 1. The normalized spacial score (nSPS) is 20.9. The molecule has 10 heteroatoms. The first-order valence-corrected chi connectivity index (χ1v) is 15.0. The summed E-state index contributed by atoms with van der Waals surface area (Å²) in [5.41, 5.74) is 0.280. The van der Waals surface area contributed by atoms with Crippen LogP contribution in [0.15, 0.2) is 54.6 Å². The molecule has 2 heterocycles. The molecule has 0 radical (unpaired) electrons. The molecule has 0 unspecified atom stereocenters. The fourth-order valence-electron chi connectivity index (χ4n) is 6.39. The molecule has 2 aliphatic heterocycles. The van der Waals surface area contributed by atoms with Gasteiger partial charge in [-0.2, -0.15) is 0 Å². The van der Waals surface area contributed by atoms with E-state index in [-0.39, 0.29) is 30.1 Å². The number of aliphatic hydroxyl groups is 1. The van der Waals surface area contributed by atoms with Crippen molar-refractivity contribution >= 4 is 24.2 Å². The molecule has 2 amide bonds. The number of allylic oxidation sites excluding steroid dienone is 2. The molecule has 2 aromatic carbocycles. The quantitative estimate of drug-likeness (QED) is 0.354. The molecule has 2 fully saturated rings. The Bertz CT molecular complexity index is 1270. The Labute approximate surface area is 260 Å². The first kappa shape index (κ1) is 32.6. The van der Waals surface area contributed by atoms with Gasteiger partial charge < -0.3 is 29.5 Å². The molecule has 0 bridgehead atoms. The van der Waals surface area contributed by atoms with Gasteiger partial charge in [-0.05, 0) is 67.9 Å². The number of piperazine rings is 1. The zero-order valence-electron chi connectivity index (χ0n) is 25.3. The average molecular weight is 614 g/mol. The third kappa shape index (κ3) is 6.95. The molecule has 0 aromatic heterocycles. The fourth-order valence-corrected chi connectivity index (χ4v) is 6.39. The van der Waals surface area contributed by atoms with Crippen LogP contribution >= 0.6 is 12.4 Å². The van der Waals surface area contributed by atoms with Crippen molar-refractivity contribution in [2.45, 2.75) is 69.7 Å². The highest BCUT2D eigenvalue weighted by atomic mass is 35.5. The van der Waals surface area contributed by atoms with Gasteiger partial charge in [-0.15, -0.1) is 12.4 Å². The number of nitrogens with one attached hydrogen (secondary N) is 1. The monoisotopic (exact) mass is 613 g/mol. The number of hydrogen-bond acceptors (Lipinski definition) is 7. The highest BCUT2D eigenvalue weighted by Gasteiger charge is 2.55. The first-order chi connectivity index (χ1) is 20.4. The largest absolute Gasteiger partial charge is 0.497 e. The molecule has 43 heavy (non-hydrogen) atoms. The minimum absolute atomic E-state index is 0. The Balaban J connectivity index is 0.00000423. The van der Waals surface area contributed by atoms with Gasteiger partial charge in [0.15, 0.2) is 11.5 Å². The van der Waals surface area contributed by atoms with Crippen molar-refractivity contribution < 1.29 is 28.9 Å². The van der Waals surface area contributed by atoms with Gasteiger partial charge in [0.2, 0.25) is 11.8 Å². The number of aliphatic hydroxyl groups excluding tert-OH is 1. The molecular weight excluding hydrogens is 570 g/mol. The number of benzene rings is 2. The number of carbonyl (C=O) groups is 2. The van der Waals surface area contributed by atoms with Gasteiger partial charge in [-0.25, -0.2) is 0 Å². The number of rotatable bonds is 11. The van der Waals surface area contributed by atoms with Gasteiger partial charge >= 0.3 is 0 Å². The van der Waals surface area contributed by atoms with Crippen LogP contribution in [0, 0.1) is 5.92 Å². The Hall–Kier alpha value is -3.27. The lowest BCUT2D eigenvalue weighted by Gasteiger charge is -2.52. The topological polar surface area (TPSA) is 101 Å². The molecule has 2 atom stereocenters. The maximum Gasteiger partial charge on any atom is 0.248 e. The van der Waals surface area contributed by atoms with Crippen LogP contribution in [0.25, 0.3) is 0 Å². The molecule has 5 rings (SSSR count). The van der Waals surface area contributed by atoms with Gasteiger partial charge in [-0.1, -0.05) is 37.6 Å². The highest BCUT2D eigenvalue weighted by Crippen LogP contribution is 2.37. The van der Waals surface area contributed by atoms with E-state index in [1.165, 1.54) is 0 Å². The molecule has 2 saturated heterocycles. The Morgan fingerprint density at radius 1 is 0.977 bits per heavy atom. The van der Waals surface area contributed by atoms with Crippen LogP contribution in [0.4, 0.5) is 0 Å². The van der Waals surface area contributed by atoms with E-state index in [9.17, 15) is 14.7 Å². The number of halogens is 1. The van der Waals surface area contributed by atoms with E-state index < -0.39 is 17.7 Å². The number of likely N-dealkylation sites (tertiary alicyclic amines) is 1. The van der Waals surface area contributed by atoms with Gasteiger partial charge in [0, 0.05) is 32.2 Å². The minimum atomic E-state index is -0.879. The molecule has 1 spiro atoms. The SMILES string of the molecule is CCCCN1C(=O)[C@@H]([C@H](O)C2CC=CC2)NC(=O)C12CCN(Cc1ccc(Oc3ccc(OC)cc3OC)cc1)CC2.Cl. The van der Waals surface area contributed by atoms with Crippen molar-refractivity contribution in [2.24, 2.45) is 5.92 Å². The Morgan fingerprint density at radius 3 is 2.28 bits per heavy atom. The average Bonchev–Trinajstić information content (AvgIpc) is 3.56. The van der Waals surface area contributed by atoms with Crippen LogP contribution in [-0.4, -0.2) is 78.3 Å². The van der Waals surface area contributed by atoms with Crippen LogP contribution in [0.1, 0.15) is 51.0 Å².